The molecule has 6 N–H and O–H groups in total. The van der Waals surface area contributed by atoms with Gasteiger partial charge in [-0.3, -0.25) is 9.59 Å². The van der Waals surface area contributed by atoms with Crippen LogP contribution in [0.1, 0.15) is 40.5 Å². The monoisotopic (exact) mass is 331 g/mol. The number of carboxylic acids is 1. The molecule has 0 aromatic heterocycles. The smallest absolute Gasteiger partial charge is 0.328 e. The minimum Gasteiger partial charge on any atom is -0.480 e. The van der Waals surface area contributed by atoms with E-state index in [1.807, 2.05) is 27.7 Å². The van der Waals surface area contributed by atoms with Gasteiger partial charge in [-0.1, -0.05) is 34.1 Å². The van der Waals surface area contributed by atoms with Crippen LogP contribution in [0.4, 0.5) is 0 Å². The van der Waals surface area contributed by atoms with Crippen LogP contribution in [0.5, 0.6) is 0 Å². The van der Waals surface area contributed by atoms with Crippen molar-refractivity contribution >= 4 is 17.8 Å². The summed E-state index contributed by atoms with van der Waals surface area (Å²) in [6, 6.07) is -3.04. The van der Waals surface area contributed by atoms with E-state index in [0.717, 1.165) is 6.42 Å². The summed E-state index contributed by atoms with van der Waals surface area (Å²) in [7, 11) is 0. The molecule has 2 amide bonds. The number of hydrogen-bond donors (Lipinski definition) is 5. The van der Waals surface area contributed by atoms with E-state index >= 15 is 0 Å². The number of carboxylic acid groups (broad SMARTS) is 1. The average molecular weight is 331 g/mol. The normalized spacial score (nSPS) is 16.3. The van der Waals surface area contributed by atoms with Crippen LogP contribution in [0.25, 0.3) is 0 Å². The molecule has 0 fully saturated rings. The van der Waals surface area contributed by atoms with Crippen molar-refractivity contribution in [3.8, 4) is 0 Å². The molecule has 0 aliphatic rings. The highest BCUT2D eigenvalue weighted by Gasteiger charge is 2.29. The van der Waals surface area contributed by atoms with Gasteiger partial charge in [0.2, 0.25) is 11.8 Å². The van der Waals surface area contributed by atoms with Crippen molar-refractivity contribution in [1.82, 2.24) is 10.6 Å². The molecule has 0 heterocycles. The van der Waals surface area contributed by atoms with Crippen molar-refractivity contribution in [3.63, 3.8) is 0 Å². The van der Waals surface area contributed by atoms with E-state index in [1.165, 1.54) is 0 Å². The van der Waals surface area contributed by atoms with Crippen LogP contribution in [0, 0.1) is 11.8 Å². The SMILES string of the molecule is CC[C@H](C)[C@H](N)C(=O)N[C@@H](CC(C)C)C(=O)N[C@@H](CO)C(=O)O. The zero-order chi connectivity index (χ0) is 18.2. The fraction of sp³-hybridized carbons (Fsp3) is 0.800. The predicted octanol–water partition coefficient (Wildman–Crippen LogP) is -0.548. The van der Waals surface area contributed by atoms with Crippen molar-refractivity contribution in [2.24, 2.45) is 17.6 Å². The van der Waals surface area contributed by atoms with Crippen LogP contribution < -0.4 is 16.4 Å². The fourth-order valence-corrected chi connectivity index (χ4v) is 1.94. The molecular weight excluding hydrogens is 302 g/mol. The van der Waals surface area contributed by atoms with Gasteiger partial charge in [0.05, 0.1) is 12.6 Å². The number of nitrogens with two attached hydrogens (primary N) is 1. The summed E-state index contributed by atoms with van der Waals surface area (Å²) in [5.41, 5.74) is 5.85. The maximum atomic E-state index is 12.2. The lowest BCUT2D eigenvalue weighted by Crippen LogP contribution is -2.56. The number of hydrogen-bond acceptors (Lipinski definition) is 5. The van der Waals surface area contributed by atoms with Gasteiger partial charge in [-0.2, -0.15) is 0 Å². The molecule has 0 bridgehead atoms. The number of aliphatic hydroxyl groups is 1. The molecule has 0 spiro atoms. The van der Waals surface area contributed by atoms with Crippen molar-refractivity contribution in [1.29, 1.82) is 0 Å². The number of carbonyl (C=O) groups excluding carboxylic acids is 2. The topological polar surface area (TPSA) is 142 Å². The predicted molar refractivity (Wildman–Crippen MR) is 85.5 cm³/mol. The molecule has 0 rings (SSSR count). The summed E-state index contributed by atoms with van der Waals surface area (Å²) < 4.78 is 0. The third-order valence-corrected chi connectivity index (χ3v) is 3.70. The summed E-state index contributed by atoms with van der Waals surface area (Å²) in [4.78, 5) is 35.2. The van der Waals surface area contributed by atoms with Crippen LogP contribution in [-0.2, 0) is 14.4 Å². The molecule has 0 unspecified atom stereocenters. The standard InChI is InChI=1S/C15H29N3O5/c1-5-9(4)12(16)14(21)17-10(6-8(2)3)13(20)18-11(7-19)15(22)23/h8-12,19H,5-7,16H2,1-4H3,(H,17,21)(H,18,20)(H,22,23)/t9-,10-,11-,12-/m0/s1. The minimum absolute atomic E-state index is 0.0398. The zero-order valence-electron chi connectivity index (χ0n) is 14.2. The lowest BCUT2D eigenvalue weighted by Gasteiger charge is -2.25. The first-order valence-electron chi connectivity index (χ1n) is 7.83. The maximum Gasteiger partial charge on any atom is 0.328 e. The fourth-order valence-electron chi connectivity index (χ4n) is 1.94. The third-order valence-electron chi connectivity index (χ3n) is 3.70. The molecule has 8 heteroatoms. The highest BCUT2D eigenvalue weighted by molar-refractivity contribution is 5.91. The number of rotatable bonds is 10. The summed E-state index contributed by atoms with van der Waals surface area (Å²) in [5, 5.41) is 22.7. The number of amides is 2. The Kier molecular flexibility index (Phi) is 9.43. The Bertz CT molecular complexity index is 414. The number of carbonyl (C=O) groups is 3. The van der Waals surface area contributed by atoms with Gasteiger partial charge in [-0.05, 0) is 18.3 Å². The van der Waals surface area contributed by atoms with Gasteiger partial charge in [0.25, 0.3) is 0 Å². The van der Waals surface area contributed by atoms with E-state index in [0.29, 0.717) is 6.42 Å². The Balaban J connectivity index is 4.96. The number of aliphatic hydroxyl groups excluding tert-OH is 1. The highest BCUT2D eigenvalue weighted by atomic mass is 16.4. The molecule has 0 saturated carbocycles. The Hall–Kier alpha value is -1.67. The summed E-state index contributed by atoms with van der Waals surface area (Å²) in [5.74, 6) is -2.38. The largest absolute Gasteiger partial charge is 0.480 e. The molecule has 0 aliphatic heterocycles. The molecule has 0 aliphatic carbocycles. The number of nitrogens with one attached hydrogen (secondary N) is 2. The Morgan fingerprint density at radius 3 is 1.96 bits per heavy atom. The summed E-state index contributed by atoms with van der Waals surface area (Å²) in [6.45, 7) is 6.78. The first kappa shape index (κ1) is 21.3. The minimum atomic E-state index is -1.41. The Morgan fingerprint density at radius 1 is 1.04 bits per heavy atom. The van der Waals surface area contributed by atoms with E-state index < -0.39 is 42.5 Å². The molecule has 134 valence electrons. The molecule has 4 atom stereocenters. The van der Waals surface area contributed by atoms with E-state index in [1.54, 1.807) is 0 Å². The molecule has 0 radical (unpaired) electrons. The average Bonchev–Trinajstić information content (AvgIpc) is 2.48. The van der Waals surface area contributed by atoms with Gasteiger partial charge in [0.15, 0.2) is 0 Å². The Morgan fingerprint density at radius 2 is 1.57 bits per heavy atom. The van der Waals surface area contributed by atoms with E-state index in [9.17, 15) is 14.4 Å². The maximum absolute atomic E-state index is 12.2. The molecule has 0 aromatic rings. The van der Waals surface area contributed by atoms with Crippen molar-refractivity contribution in [3.05, 3.63) is 0 Å². The van der Waals surface area contributed by atoms with Gasteiger partial charge in [-0.25, -0.2) is 4.79 Å². The number of aliphatic carboxylic acids is 1. The van der Waals surface area contributed by atoms with Crippen molar-refractivity contribution < 1.29 is 24.6 Å². The zero-order valence-corrected chi connectivity index (χ0v) is 14.2. The lowest BCUT2D eigenvalue weighted by atomic mass is 9.97. The quantitative estimate of drug-likeness (QED) is 0.364. The first-order valence-corrected chi connectivity index (χ1v) is 7.83. The molecule has 0 aromatic carbocycles. The van der Waals surface area contributed by atoms with Gasteiger partial charge < -0.3 is 26.6 Å². The van der Waals surface area contributed by atoms with Gasteiger partial charge in [0.1, 0.15) is 12.1 Å². The highest BCUT2D eigenvalue weighted by Crippen LogP contribution is 2.09. The van der Waals surface area contributed by atoms with Crippen molar-refractivity contribution in [2.75, 3.05) is 6.61 Å². The van der Waals surface area contributed by atoms with E-state index in [2.05, 4.69) is 10.6 Å². The molecule has 8 nitrogen and oxygen atoms in total. The van der Waals surface area contributed by atoms with Crippen LogP contribution in [-0.4, -0.2) is 52.7 Å². The van der Waals surface area contributed by atoms with Crippen LogP contribution in [0.3, 0.4) is 0 Å². The molecule has 23 heavy (non-hydrogen) atoms. The second kappa shape index (κ2) is 10.2. The Labute approximate surface area is 136 Å². The third kappa shape index (κ3) is 7.43. The van der Waals surface area contributed by atoms with Gasteiger partial charge >= 0.3 is 5.97 Å². The van der Waals surface area contributed by atoms with Gasteiger partial charge in [0, 0.05) is 0 Å². The lowest BCUT2D eigenvalue weighted by molar-refractivity contribution is -0.143. The first-order chi connectivity index (χ1) is 10.6. The van der Waals surface area contributed by atoms with Crippen molar-refractivity contribution in [2.45, 2.75) is 58.7 Å². The summed E-state index contributed by atoms with van der Waals surface area (Å²) in [6.07, 6.45) is 1.06. The molecular formula is C15H29N3O5. The second-order valence-corrected chi connectivity index (χ2v) is 6.18. The van der Waals surface area contributed by atoms with Crippen LogP contribution in [0.2, 0.25) is 0 Å². The van der Waals surface area contributed by atoms with Gasteiger partial charge in [-0.15, -0.1) is 0 Å². The van der Waals surface area contributed by atoms with E-state index in [4.69, 9.17) is 15.9 Å². The second-order valence-electron chi connectivity index (χ2n) is 6.18. The summed E-state index contributed by atoms with van der Waals surface area (Å²) >= 11 is 0. The van der Waals surface area contributed by atoms with Crippen LogP contribution in [0.15, 0.2) is 0 Å². The van der Waals surface area contributed by atoms with E-state index in [-0.39, 0.29) is 11.8 Å². The van der Waals surface area contributed by atoms with Crippen LogP contribution >= 0.6 is 0 Å². The molecule has 0 saturated heterocycles.